The first-order valence-corrected chi connectivity index (χ1v) is 6.70. The fourth-order valence-corrected chi connectivity index (χ4v) is 2.12. The average Bonchev–Trinajstić information content (AvgIpc) is 2.77. The SMILES string of the molecule is CCCCCCCCn1nnc2ccccc21.[Ag]. The summed E-state index contributed by atoms with van der Waals surface area (Å²) in [6, 6.07) is 8.15. The molecule has 2 aromatic rings. The molecule has 3 nitrogen and oxygen atoms in total. The molecule has 0 spiro atoms. The van der Waals surface area contributed by atoms with Gasteiger partial charge < -0.3 is 0 Å². The van der Waals surface area contributed by atoms with E-state index in [1.165, 1.54) is 38.5 Å². The first kappa shape index (κ1) is 15.4. The van der Waals surface area contributed by atoms with E-state index in [1.54, 1.807) is 0 Å². The van der Waals surface area contributed by atoms with Crippen molar-refractivity contribution >= 4 is 11.0 Å². The van der Waals surface area contributed by atoms with E-state index >= 15 is 0 Å². The summed E-state index contributed by atoms with van der Waals surface area (Å²) in [5.74, 6) is 0. The Kier molecular flexibility index (Phi) is 7.25. The van der Waals surface area contributed by atoms with E-state index in [4.69, 9.17) is 0 Å². The molecule has 1 radical (unpaired) electrons. The molecule has 1 aromatic heterocycles. The molecule has 0 unspecified atom stereocenters. The molecule has 0 amide bonds. The zero-order valence-electron chi connectivity index (χ0n) is 10.9. The van der Waals surface area contributed by atoms with Crippen molar-refractivity contribution in [1.29, 1.82) is 0 Å². The summed E-state index contributed by atoms with van der Waals surface area (Å²) in [6.07, 6.45) is 7.90. The van der Waals surface area contributed by atoms with E-state index in [0.717, 1.165) is 17.6 Å². The van der Waals surface area contributed by atoms with Gasteiger partial charge in [0.1, 0.15) is 5.52 Å². The molecule has 0 saturated carbocycles. The smallest absolute Gasteiger partial charge is 0.113 e. The molecule has 0 aliphatic heterocycles. The van der Waals surface area contributed by atoms with Gasteiger partial charge in [0.25, 0.3) is 0 Å². The van der Waals surface area contributed by atoms with E-state index < -0.39 is 0 Å². The van der Waals surface area contributed by atoms with Crippen molar-refractivity contribution in [2.45, 2.75) is 52.0 Å². The Labute approximate surface area is 124 Å². The van der Waals surface area contributed by atoms with Crippen LogP contribution in [0, 0.1) is 0 Å². The number of unbranched alkanes of at least 4 members (excludes halogenated alkanes) is 5. The van der Waals surface area contributed by atoms with Gasteiger partial charge in [0.15, 0.2) is 0 Å². The maximum atomic E-state index is 4.20. The van der Waals surface area contributed by atoms with Gasteiger partial charge in [-0.3, -0.25) is 0 Å². The van der Waals surface area contributed by atoms with Crippen LogP contribution in [0.3, 0.4) is 0 Å². The van der Waals surface area contributed by atoms with Crippen molar-refractivity contribution < 1.29 is 22.4 Å². The third kappa shape index (κ3) is 4.23. The van der Waals surface area contributed by atoms with Gasteiger partial charge in [-0.15, -0.1) is 5.10 Å². The summed E-state index contributed by atoms with van der Waals surface area (Å²) in [6.45, 7) is 3.24. The Morgan fingerprint density at radius 1 is 1.00 bits per heavy atom. The van der Waals surface area contributed by atoms with E-state index in [0.29, 0.717) is 0 Å². The molecule has 2 rings (SSSR count). The zero-order valence-corrected chi connectivity index (χ0v) is 12.4. The summed E-state index contributed by atoms with van der Waals surface area (Å²) >= 11 is 0. The van der Waals surface area contributed by atoms with Gasteiger partial charge in [0.05, 0.1) is 5.52 Å². The molecule has 0 aliphatic carbocycles. The molecule has 0 fully saturated rings. The Balaban J connectivity index is 0.00000162. The van der Waals surface area contributed by atoms with Crippen LogP contribution in [0.25, 0.3) is 11.0 Å². The number of rotatable bonds is 7. The summed E-state index contributed by atoms with van der Waals surface area (Å²) in [5, 5.41) is 8.36. The van der Waals surface area contributed by atoms with Crippen molar-refractivity contribution in [2.24, 2.45) is 0 Å². The van der Waals surface area contributed by atoms with Crippen LogP contribution in [-0.2, 0) is 28.9 Å². The quantitative estimate of drug-likeness (QED) is 0.568. The summed E-state index contributed by atoms with van der Waals surface area (Å²) in [5.41, 5.74) is 2.15. The van der Waals surface area contributed by atoms with Gasteiger partial charge in [-0.1, -0.05) is 56.4 Å². The van der Waals surface area contributed by atoms with Crippen molar-refractivity contribution in [3.05, 3.63) is 24.3 Å². The largest absolute Gasteiger partial charge is 0.245 e. The normalized spacial score (nSPS) is 10.5. The first-order chi connectivity index (χ1) is 8.42. The molecule has 18 heavy (non-hydrogen) atoms. The second-order valence-electron chi connectivity index (χ2n) is 4.57. The number of hydrogen-bond acceptors (Lipinski definition) is 2. The van der Waals surface area contributed by atoms with Gasteiger partial charge in [0, 0.05) is 28.9 Å². The maximum Gasteiger partial charge on any atom is 0.113 e. The molecule has 0 bridgehead atoms. The van der Waals surface area contributed by atoms with Crippen molar-refractivity contribution in [2.75, 3.05) is 0 Å². The molecule has 0 aliphatic rings. The van der Waals surface area contributed by atoms with E-state index in [2.05, 4.69) is 23.3 Å². The topological polar surface area (TPSA) is 30.7 Å². The minimum atomic E-state index is 0. The molecule has 0 atom stereocenters. The number of fused-ring (bicyclic) bond motifs is 1. The second kappa shape index (κ2) is 8.46. The van der Waals surface area contributed by atoms with Crippen LogP contribution in [0.2, 0.25) is 0 Å². The Bertz CT molecular complexity index is 453. The van der Waals surface area contributed by atoms with Gasteiger partial charge >= 0.3 is 0 Å². The fraction of sp³-hybridized carbons (Fsp3) is 0.571. The predicted octanol–water partition coefficient (Wildman–Crippen LogP) is 3.79. The van der Waals surface area contributed by atoms with Crippen molar-refractivity contribution in [1.82, 2.24) is 15.0 Å². The Morgan fingerprint density at radius 3 is 2.56 bits per heavy atom. The van der Waals surface area contributed by atoms with Crippen LogP contribution >= 0.6 is 0 Å². The fourth-order valence-electron chi connectivity index (χ4n) is 2.12. The van der Waals surface area contributed by atoms with Gasteiger partial charge in [-0.05, 0) is 18.6 Å². The molecular formula is C14H21AgN3. The monoisotopic (exact) mass is 338 g/mol. The van der Waals surface area contributed by atoms with Crippen LogP contribution in [0.5, 0.6) is 0 Å². The number of aromatic nitrogens is 3. The van der Waals surface area contributed by atoms with Gasteiger partial charge in [-0.2, -0.15) is 0 Å². The average molecular weight is 339 g/mol. The minimum Gasteiger partial charge on any atom is -0.245 e. The molecule has 0 saturated heterocycles. The summed E-state index contributed by atoms with van der Waals surface area (Å²) in [7, 11) is 0. The van der Waals surface area contributed by atoms with Crippen molar-refractivity contribution in [3.63, 3.8) is 0 Å². The Hall–Kier alpha value is -0.640. The van der Waals surface area contributed by atoms with Crippen molar-refractivity contribution in [3.8, 4) is 0 Å². The molecule has 1 aromatic carbocycles. The molecular weight excluding hydrogens is 318 g/mol. The summed E-state index contributed by atoms with van der Waals surface area (Å²) in [4.78, 5) is 0. The number of hydrogen-bond donors (Lipinski definition) is 0. The standard InChI is InChI=1S/C14H21N3.Ag/c1-2-3-4-5-6-9-12-17-14-11-8-7-10-13(14)15-16-17;/h7-8,10-11H,2-6,9,12H2,1H3;. The molecule has 103 valence electrons. The van der Waals surface area contributed by atoms with Crippen LogP contribution in [-0.4, -0.2) is 15.0 Å². The minimum absolute atomic E-state index is 0. The third-order valence-electron chi connectivity index (χ3n) is 3.14. The second-order valence-corrected chi connectivity index (χ2v) is 4.57. The third-order valence-corrected chi connectivity index (χ3v) is 3.14. The number of para-hydroxylation sites is 1. The first-order valence-electron chi connectivity index (χ1n) is 6.70. The number of benzene rings is 1. The van der Waals surface area contributed by atoms with Crippen LogP contribution < -0.4 is 0 Å². The number of nitrogens with zero attached hydrogens (tertiary/aromatic N) is 3. The van der Waals surface area contributed by atoms with Crippen LogP contribution in [0.4, 0.5) is 0 Å². The zero-order chi connectivity index (χ0) is 11.9. The van der Waals surface area contributed by atoms with Gasteiger partial charge in [-0.25, -0.2) is 4.68 Å². The predicted molar refractivity (Wildman–Crippen MR) is 70.9 cm³/mol. The van der Waals surface area contributed by atoms with E-state index in [1.807, 2.05) is 22.9 Å². The van der Waals surface area contributed by atoms with Crippen LogP contribution in [0.1, 0.15) is 45.4 Å². The summed E-state index contributed by atoms with van der Waals surface area (Å²) < 4.78 is 2.02. The van der Waals surface area contributed by atoms with Crippen LogP contribution in [0.15, 0.2) is 24.3 Å². The van der Waals surface area contributed by atoms with E-state index in [9.17, 15) is 0 Å². The molecule has 0 N–H and O–H groups in total. The Morgan fingerprint density at radius 2 is 1.72 bits per heavy atom. The molecule has 1 heterocycles. The maximum absolute atomic E-state index is 4.20. The van der Waals surface area contributed by atoms with Gasteiger partial charge in [0.2, 0.25) is 0 Å². The molecule has 4 heteroatoms. The number of aryl methyl sites for hydroxylation is 1. The van der Waals surface area contributed by atoms with E-state index in [-0.39, 0.29) is 22.4 Å².